The number of amides is 1. The van der Waals surface area contributed by atoms with E-state index < -0.39 is 6.09 Å². The highest BCUT2D eigenvalue weighted by atomic mass is 16.6. The summed E-state index contributed by atoms with van der Waals surface area (Å²) < 4.78 is 5.21. The van der Waals surface area contributed by atoms with Crippen LogP contribution in [0.15, 0.2) is 42.5 Å². The Morgan fingerprint density at radius 2 is 1.90 bits per heavy atom. The van der Waals surface area contributed by atoms with Crippen LogP contribution in [0.4, 0.5) is 10.5 Å². The molecule has 1 heterocycles. The zero-order chi connectivity index (χ0) is 14.1. The molecule has 1 aliphatic rings. The molecule has 2 aromatic rings. The van der Waals surface area contributed by atoms with Gasteiger partial charge in [0.15, 0.2) is 0 Å². The predicted octanol–water partition coefficient (Wildman–Crippen LogP) is 2.40. The van der Waals surface area contributed by atoms with Crippen molar-refractivity contribution < 1.29 is 19.7 Å². The predicted molar refractivity (Wildman–Crippen MR) is 72.7 cm³/mol. The van der Waals surface area contributed by atoms with E-state index in [9.17, 15) is 9.90 Å². The molecule has 2 N–H and O–H groups in total. The lowest BCUT2D eigenvalue weighted by molar-refractivity contribution is 0.202. The van der Waals surface area contributed by atoms with Crippen LogP contribution >= 0.6 is 0 Å². The van der Waals surface area contributed by atoms with E-state index in [4.69, 9.17) is 9.84 Å². The maximum absolute atomic E-state index is 12.0. The molecule has 0 atom stereocenters. The Bertz CT molecular complexity index is 651. The molecule has 0 unspecified atom stereocenters. The van der Waals surface area contributed by atoms with Gasteiger partial charge < -0.3 is 14.9 Å². The minimum Gasteiger partial charge on any atom is -0.508 e. The van der Waals surface area contributed by atoms with Crippen LogP contribution in [-0.2, 0) is 13.2 Å². The van der Waals surface area contributed by atoms with Crippen LogP contribution in [0.1, 0.15) is 11.1 Å². The second kappa shape index (κ2) is 4.86. The molecule has 5 heteroatoms. The van der Waals surface area contributed by atoms with Crippen molar-refractivity contribution in [3.05, 3.63) is 53.6 Å². The maximum atomic E-state index is 12.0. The van der Waals surface area contributed by atoms with Crippen molar-refractivity contribution in [3.63, 3.8) is 0 Å². The Morgan fingerprint density at radius 1 is 1.15 bits per heavy atom. The highest BCUT2D eigenvalue weighted by Crippen LogP contribution is 2.32. The highest BCUT2D eigenvalue weighted by molar-refractivity contribution is 5.91. The number of phenolic OH excluding ortho intramolecular Hbond substituents is 1. The zero-order valence-corrected chi connectivity index (χ0v) is 10.6. The SMILES string of the molecule is O=C1Oc2cc(O)ccc2CN1c1ccc(CO)cc1. The Kier molecular flexibility index (Phi) is 3.04. The lowest BCUT2D eigenvalue weighted by atomic mass is 10.1. The molecule has 3 rings (SSSR count). The number of carbonyl (C=O) groups is 1. The van der Waals surface area contributed by atoms with Gasteiger partial charge >= 0.3 is 6.09 Å². The summed E-state index contributed by atoms with van der Waals surface area (Å²) in [5.74, 6) is 0.454. The van der Waals surface area contributed by atoms with E-state index in [1.807, 2.05) is 0 Å². The molecule has 1 aliphatic heterocycles. The fourth-order valence-corrected chi connectivity index (χ4v) is 2.13. The molecule has 0 aromatic heterocycles. The van der Waals surface area contributed by atoms with Gasteiger partial charge in [0.05, 0.1) is 13.2 Å². The quantitative estimate of drug-likeness (QED) is 0.880. The summed E-state index contributed by atoms with van der Waals surface area (Å²) in [7, 11) is 0. The number of aliphatic hydroxyl groups is 1. The number of anilines is 1. The van der Waals surface area contributed by atoms with Crippen LogP contribution in [0, 0.1) is 0 Å². The third kappa shape index (κ3) is 2.19. The molecule has 1 amide bonds. The summed E-state index contributed by atoms with van der Waals surface area (Å²) in [5, 5.41) is 18.4. The Morgan fingerprint density at radius 3 is 2.60 bits per heavy atom. The van der Waals surface area contributed by atoms with Crippen LogP contribution in [0.3, 0.4) is 0 Å². The summed E-state index contributed by atoms with van der Waals surface area (Å²) in [6.45, 7) is 0.347. The van der Waals surface area contributed by atoms with Crippen LogP contribution < -0.4 is 9.64 Å². The third-order valence-electron chi connectivity index (χ3n) is 3.23. The monoisotopic (exact) mass is 271 g/mol. The first-order valence-electron chi connectivity index (χ1n) is 6.18. The molecule has 5 nitrogen and oxygen atoms in total. The number of rotatable bonds is 2. The van der Waals surface area contributed by atoms with Crippen molar-refractivity contribution in [2.45, 2.75) is 13.2 Å². The molecule has 0 aliphatic carbocycles. The van der Waals surface area contributed by atoms with E-state index in [0.717, 1.165) is 11.1 Å². The summed E-state index contributed by atoms with van der Waals surface area (Å²) in [5.41, 5.74) is 2.31. The molecular formula is C15H13NO4. The number of aliphatic hydroxyl groups excluding tert-OH is 1. The second-order valence-corrected chi connectivity index (χ2v) is 4.57. The highest BCUT2D eigenvalue weighted by Gasteiger charge is 2.26. The van der Waals surface area contributed by atoms with E-state index in [1.54, 1.807) is 36.4 Å². The fourth-order valence-electron chi connectivity index (χ4n) is 2.13. The summed E-state index contributed by atoms with van der Waals surface area (Å²) in [4.78, 5) is 13.5. The minimum atomic E-state index is -0.486. The van der Waals surface area contributed by atoms with Gasteiger partial charge in [-0.25, -0.2) is 4.79 Å². The number of carbonyl (C=O) groups excluding carboxylic acids is 1. The molecule has 2 aromatic carbocycles. The van der Waals surface area contributed by atoms with Gasteiger partial charge in [0, 0.05) is 17.3 Å². The summed E-state index contributed by atoms with van der Waals surface area (Å²) in [6, 6.07) is 11.8. The fraction of sp³-hybridized carbons (Fsp3) is 0.133. The van der Waals surface area contributed by atoms with Crippen molar-refractivity contribution in [2.24, 2.45) is 0 Å². The van der Waals surface area contributed by atoms with Crippen molar-refractivity contribution in [1.29, 1.82) is 0 Å². The van der Waals surface area contributed by atoms with E-state index in [0.29, 0.717) is 18.0 Å². The first-order chi connectivity index (χ1) is 9.67. The first kappa shape index (κ1) is 12.5. The van der Waals surface area contributed by atoms with Gasteiger partial charge in [-0.05, 0) is 29.8 Å². The van der Waals surface area contributed by atoms with Gasteiger partial charge in [-0.15, -0.1) is 0 Å². The Hall–Kier alpha value is -2.53. The van der Waals surface area contributed by atoms with Crippen molar-refractivity contribution in [2.75, 3.05) is 4.90 Å². The average Bonchev–Trinajstić information content (AvgIpc) is 2.46. The number of fused-ring (bicyclic) bond motifs is 1. The molecule has 20 heavy (non-hydrogen) atoms. The maximum Gasteiger partial charge on any atom is 0.420 e. The summed E-state index contributed by atoms with van der Waals surface area (Å²) in [6.07, 6.45) is -0.486. The smallest absolute Gasteiger partial charge is 0.420 e. The second-order valence-electron chi connectivity index (χ2n) is 4.57. The lowest BCUT2D eigenvalue weighted by Crippen LogP contribution is -2.36. The topological polar surface area (TPSA) is 70.0 Å². The number of benzene rings is 2. The Balaban J connectivity index is 1.91. The van der Waals surface area contributed by atoms with Crippen LogP contribution in [0.25, 0.3) is 0 Å². The molecule has 0 radical (unpaired) electrons. The number of hydrogen-bond donors (Lipinski definition) is 2. The van der Waals surface area contributed by atoms with Crippen LogP contribution in [0.2, 0.25) is 0 Å². The Labute approximate surface area is 115 Å². The van der Waals surface area contributed by atoms with E-state index in [-0.39, 0.29) is 12.4 Å². The van der Waals surface area contributed by atoms with Crippen molar-refractivity contribution in [3.8, 4) is 11.5 Å². The number of phenols is 1. The molecule has 0 saturated carbocycles. The van der Waals surface area contributed by atoms with Gasteiger partial charge in [0.1, 0.15) is 11.5 Å². The largest absolute Gasteiger partial charge is 0.508 e. The molecule has 0 saturated heterocycles. The average molecular weight is 271 g/mol. The molecule has 102 valence electrons. The molecule has 0 bridgehead atoms. The van der Waals surface area contributed by atoms with Gasteiger partial charge in [-0.1, -0.05) is 12.1 Å². The van der Waals surface area contributed by atoms with Crippen molar-refractivity contribution >= 4 is 11.8 Å². The van der Waals surface area contributed by atoms with Crippen LogP contribution in [-0.4, -0.2) is 16.3 Å². The van der Waals surface area contributed by atoms with Gasteiger partial charge in [-0.2, -0.15) is 0 Å². The van der Waals surface area contributed by atoms with E-state index >= 15 is 0 Å². The number of ether oxygens (including phenoxy) is 1. The molecular weight excluding hydrogens is 258 g/mol. The number of nitrogens with zero attached hydrogens (tertiary/aromatic N) is 1. The summed E-state index contributed by atoms with van der Waals surface area (Å²) >= 11 is 0. The van der Waals surface area contributed by atoms with Gasteiger partial charge in [-0.3, -0.25) is 4.90 Å². The zero-order valence-electron chi connectivity index (χ0n) is 10.6. The third-order valence-corrected chi connectivity index (χ3v) is 3.23. The minimum absolute atomic E-state index is 0.0349. The van der Waals surface area contributed by atoms with E-state index in [1.165, 1.54) is 11.0 Å². The van der Waals surface area contributed by atoms with Crippen molar-refractivity contribution in [1.82, 2.24) is 0 Å². The molecule has 0 fully saturated rings. The number of aromatic hydroxyl groups is 1. The first-order valence-corrected chi connectivity index (χ1v) is 6.18. The lowest BCUT2D eigenvalue weighted by Gasteiger charge is -2.28. The normalized spacial score (nSPS) is 13.8. The van der Waals surface area contributed by atoms with Gasteiger partial charge in [0.2, 0.25) is 0 Å². The molecule has 0 spiro atoms. The number of hydrogen-bond acceptors (Lipinski definition) is 4. The standard InChI is InChI=1S/C15H13NO4/c17-9-10-1-4-12(5-2-10)16-8-11-3-6-13(18)7-14(11)20-15(16)19/h1-7,17-18H,8-9H2. The van der Waals surface area contributed by atoms with E-state index in [2.05, 4.69) is 0 Å². The van der Waals surface area contributed by atoms with Crippen LogP contribution in [0.5, 0.6) is 11.5 Å². The van der Waals surface area contributed by atoms with Gasteiger partial charge in [0.25, 0.3) is 0 Å².